The first-order chi connectivity index (χ1) is 17.3. The lowest BCUT2D eigenvalue weighted by Crippen LogP contribution is -2.07. The Morgan fingerprint density at radius 1 is 0.375 bits per heavy atom. The predicted molar refractivity (Wildman–Crippen MR) is 206 cm³/mol. The average Bonchev–Trinajstić information content (AvgIpc) is 2.47. The molecular formula is C12H13Cl27O. The molecule has 0 aliphatic rings. The third-order valence-corrected chi connectivity index (χ3v) is 0.850. The molecule has 0 aromatic rings. The molecule has 0 bridgehead atoms. The molecule has 0 heterocycles. The second kappa shape index (κ2) is 55.9. The second-order valence-corrected chi connectivity index (χ2v) is 21.8. The van der Waals surface area contributed by atoms with Crippen LogP contribution in [-0.4, -0.2) is 43.9 Å². The highest BCUT2D eigenvalue weighted by atomic mass is 35.6. The van der Waals surface area contributed by atoms with Gasteiger partial charge in [0.1, 0.15) is 5.78 Å². The molecule has 0 unspecified atom stereocenters. The highest BCUT2D eigenvalue weighted by Gasteiger charge is 2.21. The van der Waals surface area contributed by atoms with Gasteiger partial charge >= 0.3 is 0 Å². The van der Waals surface area contributed by atoms with E-state index in [1.165, 1.54) is 6.92 Å². The molecule has 256 valence electrons. The Bertz CT molecular complexity index is 303. The maximum atomic E-state index is 10.2. The summed E-state index contributed by atoms with van der Waals surface area (Å²) in [4.78, 5) is 10.2. The molecule has 0 radical (unpaired) electrons. The van der Waals surface area contributed by atoms with Crippen LogP contribution in [0.5, 0.6) is 0 Å². The number of ketones is 1. The zero-order valence-electron chi connectivity index (χ0n) is 17.9. The molecule has 0 atom stereocenters. The van der Waals surface area contributed by atoms with Crippen LogP contribution in [-0.2, 0) is 4.79 Å². The summed E-state index contributed by atoms with van der Waals surface area (Å²) in [5.74, 6) is -0.120. The Kier molecular flexibility index (Phi) is 96.8. The van der Waals surface area contributed by atoms with E-state index < -0.39 is 38.2 Å². The van der Waals surface area contributed by atoms with E-state index in [1.807, 2.05) is 0 Å². The van der Waals surface area contributed by atoms with Crippen LogP contribution in [0.25, 0.3) is 0 Å². The summed E-state index contributed by atoms with van der Waals surface area (Å²) < 4.78 is -7.41. The van der Waals surface area contributed by atoms with Gasteiger partial charge in [0, 0.05) is 0 Å². The van der Waals surface area contributed by atoms with Crippen LogP contribution in [0.3, 0.4) is 0 Å². The number of rotatable bonds is 1. The molecule has 0 spiro atoms. The molecule has 0 amide bonds. The number of carbonyl (C=O) groups excluding carboxylic acids is 1. The van der Waals surface area contributed by atoms with Gasteiger partial charge in [-0.2, -0.15) is 0 Å². The SMILES string of the molecule is CC(=O)CC(Cl)(Cl)Cl.ClC(Cl)Cl.ClC(Cl)Cl.ClC(Cl)Cl.ClC(Cl)Cl.ClC(Cl)Cl.ClC(Cl)Cl.ClC(Cl)Cl.ClC(Cl)Cl. The van der Waals surface area contributed by atoms with E-state index in [-0.39, 0.29) is 12.2 Å². The molecule has 0 saturated carbocycles. The van der Waals surface area contributed by atoms with Gasteiger partial charge in [0.05, 0.1) is 6.42 Å². The van der Waals surface area contributed by atoms with E-state index in [1.54, 1.807) is 0 Å². The zero-order chi connectivity index (χ0) is 35.4. The van der Waals surface area contributed by atoms with E-state index in [0.717, 1.165) is 0 Å². The molecule has 0 rings (SSSR count). The number of Topliss-reactive ketones (excluding diaryl/α,β-unsaturated/α-hetero) is 1. The molecule has 0 aromatic heterocycles. The predicted octanol–water partition coefficient (Wildman–Crippen LogP) is 18.2. The Labute approximate surface area is 369 Å². The van der Waals surface area contributed by atoms with Crippen LogP contribution in [0, 0.1) is 0 Å². The summed E-state index contributed by atoms with van der Waals surface area (Å²) >= 11 is 131. The summed E-state index contributed by atoms with van der Waals surface area (Å²) in [6.45, 7) is 1.38. The topological polar surface area (TPSA) is 17.1 Å². The van der Waals surface area contributed by atoms with Crippen molar-refractivity contribution in [3.8, 4) is 0 Å². The van der Waals surface area contributed by atoms with Crippen LogP contribution in [0.4, 0.5) is 0 Å². The minimum absolute atomic E-state index is 0.0162. The van der Waals surface area contributed by atoms with Crippen molar-refractivity contribution in [2.45, 2.75) is 51.5 Å². The second-order valence-electron chi connectivity index (χ2n) is 3.47. The van der Waals surface area contributed by atoms with Gasteiger partial charge in [-0.25, -0.2) is 0 Å². The Balaban J connectivity index is -0.0000000392. The van der Waals surface area contributed by atoms with Crippen LogP contribution in [0.2, 0.25) is 0 Å². The summed E-state index contributed by atoms with van der Waals surface area (Å²) in [6.07, 6.45) is -0.0162. The number of alkyl halides is 27. The summed E-state index contributed by atoms with van der Waals surface area (Å²) in [7, 11) is 0. The number of hydrogen-bond acceptors (Lipinski definition) is 1. The molecule has 0 saturated heterocycles. The lowest BCUT2D eigenvalue weighted by atomic mass is 10.3. The van der Waals surface area contributed by atoms with Crippen molar-refractivity contribution in [3.05, 3.63) is 0 Å². The van der Waals surface area contributed by atoms with Crippen LogP contribution < -0.4 is 0 Å². The van der Waals surface area contributed by atoms with Crippen molar-refractivity contribution >= 4 is 319 Å². The fraction of sp³-hybridized carbons (Fsp3) is 0.917. The third-order valence-electron chi connectivity index (χ3n) is 0.449. The molecule has 0 aliphatic heterocycles. The summed E-state index contributed by atoms with van der Waals surface area (Å²) in [6, 6.07) is 0. The quantitative estimate of drug-likeness (QED) is 0.239. The molecule has 1 nitrogen and oxygen atoms in total. The fourth-order valence-electron chi connectivity index (χ4n) is 0.282. The maximum absolute atomic E-state index is 10.2. The largest absolute Gasteiger partial charge is 0.300 e. The molecule has 0 aromatic carbocycles. The molecule has 0 fully saturated rings. The van der Waals surface area contributed by atoms with Crippen molar-refractivity contribution in [1.29, 1.82) is 0 Å². The van der Waals surface area contributed by atoms with E-state index in [9.17, 15) is 4.79 Å². The van der Waals surface area contributed by atoms with E-state index in [0.29, 0.717) is 0 Å². The van der Waals surface area contributed by atoms with Gasteiger partial charge in [-0.1, -0.05) is 313 Å². The monoisotopic (exact) mass is 1120 g/mol. The van der Waals surface area contributed by atoms with Crippen LogP contribution >= 0.6 is 313 Å². The Hall–Kier alpha value is 7.50. The minimum atomic E-state index is -1.41. The van der Waals surface area contributed by atoms with Crippen molar-refractivity contribution in [2.75, 3.05) is 0 Å². The molecule has 28 heteroatoms. The lowest BCUT2D eigenvalue weighted by molar-refractivity contribution is -0.116. The number of carbonyl (C=O) groups is 1. The zero-order valence-corrected chi connectivity index (χ0v) is 38.3. The highest BCUT2D eigenvalue weighted by Crippen LogP contribution is 2.29. The van der Waals surface area contributed by atoms with E-state index >= 15 is 0 Å². The van der Waals surface area contributed by atoms with E-state index in [4.69, 9.17) is 313 Å². The van der Waals surface area contributed by atoms with Gasteiger partial charge in [0.25, 0.3) is 0 Å². The fourth-order valence-corrected chi connectivity index (χ4v) is 0.847. The third kappa shape index (κ3) is 577. The average molecular weight is 1130 g/mol. The number of hydrogen-bond donors (Lipinski definition) is 0. The summed E-state index contributed by atoms with van der Waals surface area (Å²) in [5, 5.41) is 0. The first-order valence-electron chi connectivity index (χ1n) is 7.22. The van der Waals surface area contributed by atoms with Crippen molar-refractivity contribution in [1.82, 2.24) is 0 Å². The smallest absolute Gasteiger partial charge is 0.197 e. The van der Waals surface area contributed by atoms with Gasteiger partial charge in [-0.05, 0) is 6.92 Å². The van der Waals surface area contributed by atoms with Gasteiger partial charge in [-0.15, -0.1) is 0 Å². The van der Waals surface area contributed by atoms with Crippen molar-refractivity contribution in [3.63, 3.8) is 0 Å². The van der Waals surface area contributed by atoms with Crippen molar-refractivity contribution in [2.24, 2.45) is 0 Å². The van der Waals surface area contributed by atoms with Gasteiger partial charge in [0.15, 0.2) is 38.2 Å². The first kappa shape index (κ1) is 69.3. The van der Waals surface area contributed by atoms with Gasteiger partial charge in [-0.3, -0.25) is 4.79 Å². The van der Waals surface area contributed by atoms with E-state index in [2.05, 4.69) is 0 Å². The molecule has 0 aliphatic carbocycles. The number of halogens is 27. The Morgan fingerprint density at radius 2 is 0.450 bits per heavy atom. The first-order valence-corrected chi connectivity index (χ1v) is 18.8. The summed E-state index contributed by atoms with van der Waals surface area (Å²) in [5.41, 5.74) is 0. The van der Waals surface area contributed by atoms with Crippen LogP contribution in [0.15, 0.2) is 0 Å². The van der Waals surface area contributed by atoms with Crippen molar-refractivity contribution < 1.29 is 4.79 Å². The van der Waals surface area contributed by atoms with Gasteiger partial charge < -0.3 is 0 Å². The lowest BCUT2D eigenvalue weighted by Gasteiger charge is -2.05. The standard InChI is InChI=1S/C4H5Cl3O.8CHCl3/c1-3(8)2-4(5,6)7;8*2-1(3)4/h2H2,1H3;8*1H. The van der Waals surface area contributed by atoms with Crippen LogP contribution in [0.1, 0.15) is 13.3 Å². The maximum Gasteiger partial charge on any atom is 0.197 e. The Morgan fingerprint density at radius 3 is 0.450 bits per heavy atom. The molecule has 0 N–H and O–H groups in total. The van der Waals surface area contributed by atoms with Gasteiger partial charge in [0.2, 0.25) is 0 Å². The normalized spacial score (nSPS) is 9.50. The molecular weight excluding hydrogens is 1120 g/mol. The minimum Gasteiger partial charge on any atom is -0.300 e. The highest BCUT2D eigenvalue weighted by molar-refractivity contribution is 6.68. The molecule has 40 heavy (non-hydrogen) atoms.